The van der Waals surface area contributed by atoms with Gasteiger partial charge in [-0.15, -0.1) is 0 Å². The Morgan fingerprint density at radius 2 is 1.78 bits per heavy atom. The molecular weight excluding hydrogens is 254 g/mol. The largest absolute Gasteiger partial charge is 0.499 e. The highest BCUT2D eigenvalue weighted by atomic mass is 35.5. The maximum atomic E-state index is 6.08. The van der Waals surface area contributed by atoms with Gasteiger partial charge in [0.25, 0.3) is 0 Å². The van der Waals surface area contributed by atoms with Crippen LogP contribution in [0.3, 0.4) is 0 Å². The molecule has 0 atom stereocenters. The summed E-state index contributed by atoms with van der Waals surface area (Å²) >= 11 is 6.08. The lowest BCUT2D eigenvalue weighted by atomic mass is 9.81. The van der Waals surface area contributed by atoms with Crippen molar-refractivity contribution in [2.24, 2.45) is 0 Å². The van der Waals surface area contributed by atoms with E-state index < -0.39 is 18.3 Å². The third kappa shape index (κ3) is 2.20. The van der Waals surface area contributed by atoms with Gasteiger partial charge in [0.1, 0.15) is 5.15 Å². The van der Waals surface area contributed by atoms with E-state index in [0.717, 1.165) is 0 Å². The Morgan fingerprint density at radius 1 is 1.22 bits per heavy atom. The molecule has 0 saturated carbocycles. The second kappa shape index (κ2) is 4.37. The van der Waals surface area contributed by atoms with E-state index in [0.29, 0.717) is 5.46 Å². The highest BCUT2D eigenvalue weighted by Crippen LogP contribution is 2.36. The van der Waals surface area contributed by atoms with Gasteiger partial charge < -0.3 is 14.0 Å². The van der Waals surface area contributed by atoms with Crippen molar-refractivity contribution in [1.82, 2.24) is 9.97 Å². The van der Waals surface area contributed by atoms with Crippen LogP contribution in [-0.2, 0) is 9.31 Å². The van der Waals surface area contributed by atoms with Crippen LogP contribution in [0.1, 0.15) is 27.7 Å². The van der Waals surface area contributed by atoms with Gasteiger partial charge in [-0.2, -0.15) is 4.98 Å². The Bertz CT molecular complexity index is 452. The molecule has 2 heterocycles. The SMILES string of the molecule is COc1ncc(B2OC(C)(C)C(C)(C)O2)c(Cl)n1. The number of methoxy groups -OCH3 is 1. The monoisotopic (exact) mass is 270 g/mol. The fourth-order valence-electron chi connectivity index (χ4n) is 1.58. The molecular formula is C11H16BClN2O3. The minimum absolute atomic E-state index is 0.222. The van der Waals surface area contributed by atoms with E-state index in [-0.39, 0.29) is 11.2 Å². The average Bonchev–Trinajstić information content (AvgIpc) is 2.47. The summed E-state index contributed by atoms with van der Waals surface area (Å²) in [6.07, 6.45) is 1.57. The molecule has 0 radical (unpaired) electrons. The van der Waals surface area contributed by atoms with Crippen LogP contribution >= 0.6 is 11.6 Å². The molecule has 0 bridgehead atoms. The molecule has 0 spiro atoms. The normalized spacial score (nSPS) is 21.1. The van der Waals surface area contributed by atoms with E-state index in [4.69, 9.17) is 25.6 Å². The van der Waals surface area contributed by atoms with Crippen molar-refractivity contribution in [2.45, 2.75) is 38.9 Å². The van der Waals surface area contributed by atoms with E-state index in [1.54, 1.807) is 6.20 Å². The standard InChI is InChI=1S/C11H16BClN2O3/c1-10(2)11(3,4)18-12(17-10)7-6-14-9(16-5)15-8(7)13/h6H,1-5H3. The molecule has 0 amide bonds. The van der Waals surface area contributed by atoms with Crippen molar-refractivity contribution < 1.29 is 14.0 Å². The Balaban J connectivity index is 2.30. The minimum Gasteiger partial charge on any atom is -0.467 e. The predicted molar refractivity (Wildman–Crippen MR) is 69.3 cm³/mol. The first kappa shape index (κ1) is 13.6. The molecule has 0 N–H and O–H groups in total. The maximum Gasteiger partial charge on any atom is 0.499 e. The van der Waals surface area contributed by atoms with Crippen molar-refractivity contribution in [2.75, 3.05) is 7.11 Å². The van der Waals surface area contributed by atoms with Gasteiger partial charge in [0.2, 0.25) is 0 Å². The van der Waals surface area contributed by atoms with E-state index >= 15 is 0 Å². The lowest BCUT2D eigenvalue weighted by molar-refractivity contribution is 0.00578. The van der Waals surface area contributed by atoms with Crippen molar-refractivity contribution in [1.29, 1.82) is 0 Å². The van der Waals surface area contributed by atoms with Crippen molar-refractivity contribution in [3.63, 3.8) is 0 Å². The summed E-state index contributed by atoms with van der Waals surface area (Å²) in [5, 5.41) is 0.278. The van der Waals surface area contributed by atoms with Crippen LogP contribution in [0.5, 0.6) is 6.01 Å². The molecule has 1 aromatic heterocycles. The van der Waals surface area contributed by atoms with Crippen LogP contribution in [0.25, 0.3) is 0 Å². The molecule has 1 saturated heterocycles. The van der Waals surface area contributed by atoms with Gasteiger partial charge in [-0.1, -0.05) is 11.6 Å². The summed E-state index contributed by atoms with van der Waals surface area (Å²) in [5.74, 6) is 0. The fraction of sp³-hybridized carbons (Fsp3) is 0.636. The van der Waals surface area contributed by atoms with Gasteiger partial charge in [0.15, 0.2) is 0 Å². The highest BCUT2D eigenvalue weighted by molar-refractivity contribution is 6.65. The summed E-state index contributed by atoms with van der Waals surface area (Å²) in [6, 6.07) is 0.222. The molecule has 5 nitrogen and oxygen atoms in total. The van der Waals surface area contributed by atoms with Crippen molar-refractivity contribution >= 4 is 24.2 Å². The summed E-state index contributed by atoms with van der Waals surface area (Å²) < 4.78 is 16.7. The second-order valence-electron chi connectivity index (χ2n) is 5.19. The average molecular weight is 271 g/mol. The molecule has 98 valence electrons. The topological polar surface area (TPSA) is 53.5 Å². The molecule has 1 fully saturated rings. The number of halogens is 1. The number of hydrogen-bond donors (Lipinski definition) is 0. The molecule has 1 aliphatic heterocycles. The Morgan fingerprint density at radius 3 is 2.22 bits per heavy atom. The third-order valence-electron chi connectivity index (χ3n) is 3.44. The number of ether oxygens (including phenoxy) is 1. The Labute approximate surface area is 112 Å². The summed E-state index contributed by atoms with van der Waals surface area (Å²) in [6.45, 7) is 7.91. The zero-order valence-electron chi connectivity index (χ0n) is 11.2. The molecule has 1 aromatic rings. The lowest BCUT2D eigenvalue weighted by Crippen LogP contribution is -2.41. The van der Waals surface area contributed by atoms with E-state index in [2.05, 4.69) is 9.97 Å². The lowest BCUT2D eigenvalue weighted by Gasteiger charge is -2.32. The van der Waals surface area contributed by atoms with Gasteiger partial charge in [0, 0.05) is 11.7 Å². The van der Waals surface area contributed by atoms with Crippen molar-refractivity contribution in [3.8, 4) is 6.01 Å². The zero-order chi connectivity index (χ0) is 13.6. The van der Waals surface area contributed by atoms with Crippen LogP contribution < -0.4 is 10.2 Å². The Kier molecular flexibility index (Phi) is 3.29. The number of hydrogen-bond acceptors (Lipinski definition) is 5. The number of aromatic nitrogens is 2. The highest BCUT2D eigenvalue weighted by Gasteiger charge is 2.52. The van der Waals surface area contributed by atoms with Gasteiger partial charge in [-0.05, 0) is 27.7 Å². The molecule has 18 heavy (non-hydrogen) atoms. The first-order chi connectivity index (χ1) is 8.27. The van der Waals surface area contributed by atoms with Gasteiger partial charge in [0.05, 0.1) is 18.3 Å². The van der Waals surface area contributed by atoms with E-state index in [1.165, 1.54) is 7.11 Å². The van der Waals surface area contributed by atoms with E-state index in [1.807, 2.05) is 27.7 Å². The quantitative estimate of drug-likeness (QED) is 0.601. The zero-order valence-corrected chi connectivity index (χ0v) is 11.9. The fourth-order valence-corrected chi connectivity index (χ4v) is 1.79. The molecule has 1 aliphatic rings. The van der Waals surface area contributed by atoms with Crippen LogP contribution in [-0.4, -0.2) is 35.4 Å². The van der Waals surface area contributed by atoms with Crippen molar-refractivity contribution in [3.05, 3.63) is 11.3 Å². The molecule has 7 heteroatoms. The first-order valence-electron chi connectivity index (χ1n) is 5.69. The maximum absolute atomic E-state index is 6.08. The number of rotatable bonds is 2. The second-order valence-corrected chi connectivity index (χ2v) is 5.55. The third-order valence-corrected chi connectivity index (χ3v) is 3.74. The predicted octanol–water partition coefficient (Wildman–Crippen LogP) is 1.44. The smallest absolute Gasteiger partial charge is 0.467 e. The molecule has 2 rings (SSSR count). The Hall–Kier alpha value is -0.845. The summed E-state index contributed by atoms with van der Waals surface area (Å²) in [4.78, 5) is 8.02. The van der Waals surface area contributed by atoms with E-state index in [9.17, 15) is 0 Å². The summed E-state index contributed by atoms with van der Waals surface area (Å²) in [5.41, 5.74) is -0.224. The van der Waals surface area contributed by atoms with Crippen LogP contribution in [0.4, 0.5) is 0 Å². The first-order valence-corrected chi connectivity index (χ1v) is 6.07. The van der Waals surface area contributed by atoms with Crippen LogP contribution in [0.15, 0.2) is 6.20 Å². The molecule has 0 aromatic carbocycles. The summed E-state index contributed by atoms with van der Waals surface area (Å²) in [7, 11) is 0.925. The van der Waals surface area contributed by atoms with Gasteiger partial charge in [-0.25, -0.2) is 4.98 Å². The van der Waals surface area contributed by atoms with Crippen LogP contribution in [0.2, 0.25) is 5.15 Å². The van der Waals surface area contributed by atoms with Gasteiger partial charge in [-0.3, -0.25) is 0 Å². The minimum atomic E-state index is -0.562. The van der Waals surface area contributed by atoms with Gasteiger partial charge >= 0.3 is 13.1 Å². The number of nitrogens with zero attached hydrogens (tertiary/aromatic N) is 2. The molecule has 0 unspecified atom stereocenters. The molecule has 0 aliphatic carbocycles. The van der Waals surface area contributed by atoms with Crippen LogP contribution in [0, 0.1) is 0 Å².